The van der Waals surface area contributed by atoms with Gasteiger partial charge in [0.05, 0.1) is 6.54 Å². The Morgan fingerprint density at radius 1 is 1.10 bits per heavy atom. The van der Waals surface area contributed by atoms with E-state index in [2.05, 4.69) is 0 Å². The molecule has 0 N–H and O–H groups in total. The maximum absolute atomic E-state index is 13.4. The minimum atomic E-state index is -0.607. The van der Waals surface area contributed by atoms with Crippen LogP contribution < -0.4 is 0 Å². The van der Waals surface area contributed by atoms with Gasteiger partial charge in [-0.15, -0.1) is 0 Å². The van der Waals surface area contributed by atoms with Crippen LogP contribution in [0.25, 0.3) is 11.0 Å². The fourth-order valence-electron chi connectivity index (χ4n) is 3.35. The van der Waals surface area contributed by atoms with Crippen molar-refractivity contribution in [2.24, 2.45) is 0 Å². The zero-order chi connectivity index (χ0) is 20.8. The molecule has 152 valence electrons. The SMILES string of the molecule is CC(C)(C)OC(=O)N1CCc2c(oc3cc(Sc4cc(F)cc(F)c4)ccc23)C1. The largest absolute Gasteiger partial charge is 0.459 e. The number of benzene rings is 2. The molecule has 4 nitrogen and oxygen atoms in total. The van der Waals surface area contributed by atoms with Crippen molar-refractivity contribution in [3.8, 4) is 0 Å². The molecule has 0 spiro atoms. The van der Waals surface area contributed by atoms with Crippen LogP contribution in [0.4, 0.5) is 13.6 Å². The van der Waals surface area contributed by atoms with Crippen molar-refractivity contribution in [2.75, 3.05) is 6.54 Å². The monoisotopic (exact) mass is 417 g/mol. The first-order valence-electron chi connectivity index (χ1n) is 9.34. The predicted octanol–water partition coefficient (Wildman–Crippen LogP) is 6.16. The summed E-state index contributed by atoms with van der Waals surface area (Å²) in [6.07, 6.45) is 0.330. The van der Waals surface area contributed by atoms with Crippen molar-refractivity contribution in [2.45, 2.75) is 49.1 Å². The second kappa shape index (κ2) is 7.37. The number of halogens is 2. The van der Waals surface area contributed by atoms with E-state index in [-0.39, 0.29) is 6.09 Å². The number of rotatable bonds is 2. The number of carbonyl (C=O) groups is 1. The van der Waals surface area contributed by atoms with Crippen molar-refractivity contribution < 1.29 is 22.7 Å². The molecule has 1 amide bonds. The minimum Gasteiger partial charge on any atom is -0.459 e. The fourth-order valence-corrected chi connectivity index (χ4v) is 4.27. The lowest BCUT2D eigenvalue weighted by Gasteiger charge is -2.29. The second-order valence-corrected chi connectivity index (χ2v) is 9.17. The highest BCUT2D eigenvalue weighted by Crippen LogP contribution is 2.36. The molecule has 0 bridgehead atoms. The normalized spacial score (nSPS) is 14.2. The Bertz CT molecular complexity index is 1070. The van der Waals surface area contributed by atoms with Gasteiger partial charge in [-0.05, 0) is 57.5 Å². The van der Waals surface area contributed by atoms with E-state index >= 15 is 0 Å². The molecular formula is C22H21F2NO3S. The molecule has 7 heteroatoms. The number of amides is 1. The highest BCUT2D eigenvalue weighted by atomic mass is 32.2. The Hall–Kier alpha value is -2.54. The summed E-state index contributed by atoms with van der Waals surface area (Å²) in [5.41, 5.74) is 1.24. The molecule has 0 aliphatic carbocycles. The van der Waals surface area contributed by atoms with Crippen LogP contribution >= 0.6 is 11.8 Å². The number of nitrogens with zero attached hydrogens (tertiary/aromatic N) is 1. The van der Waals surface area contributed by atoms with Gasteiger partial charge in [-0.1, -0.05) is 11.8 Å². The molecule has 0 unspecified atom stereocenters. The number of fused-ring (bicyclic) bond motifs is 3. The third-order valence-corrected chi connectivity index (χ3v) is 5.50. The van der Waals surface area contributed by atoms with Crippen LogP contribution in [0.15, 0.2) is 50.6 Å². The van der Waals surface area contributed by atoms with Crippen molar-refractivity contribution in [3.63, 3.8) is 0 Å². The maximum atomic E-state index is 13.4. The third kappa shape index (κ3) is 4.40. The van der Waals surface area contributed by atoms with Crippen molar-refractivity contribution in [1.82, 2.24) is 4.90 Å². The van der Waals surface area contributed by atoms with Gasteiger partial charge >= 0.3 is 6.09 Å². The van der Waals surface area contributed by atoms with Gasteiger partial charge in [0.15, 0.2) is 0 Å². The van der Waals surface area contributed by atoms with E-state index in [0.717, 1.165) is 27.7 Å². The summed E-state index contributed by atoms with van der Waals surface area (Å²) < 4.78 is 38.3. The molecule has 1 aliphatic heterocycles. The maximum Gasteiger partial charge on any atom is 0.410 e. The van der Waals surface area contributed by atoms with Gasteiger partial charge in [0, 0.05) is 33.4 Å². The third-order valence-electron chi connectivity index (χ3n) is 4.54. The van der Waals surface area contributed by atoms with E-state index in [4.69, 9.17) is 9.15 Å². The molecular weight excluding hydrogens is 396 g/mol. The molecule has 29 heavy (non-hydrogen) atoms. The number of hydrogen-bond acceptors (Lipinski definition) is 4. The predicted molar refractivity (Wildman–Crippen MR) is 107 cm³/mol. The molecule has 0 saturated heterocycles. The van der Waals surface area contributed by atoms with Crippen LogP contribution in [0.3, 0.4) is 0 Å². The molecule has 4 rings (SSSR count). The minimum absolute atomic E-state index is 0.354. The Morgan fingerprint density at radius 3 is 2.52 bits per heavy atom. The summed E-state index contributed by atoms with van der Waals surface area (Å²) >= 11 is 1.26. The highest BCUT2D eigenvalue weighted by molar-refractivity contribution is 7.99. The van der Waals surface area contributed by atoms with Crippen molar-refractivity contribution in [3.05, 3.63) is 59.4 Å². The zero-order valence-electron chi connectivity index (χ0n) is 16.4. The smallest absolute Gasteiger partial charge is 0.410 e. The van der Waals surface area contributed by atoms with E-state index in [1.807, 2.05) is 39.0 Å². The van der Waals surface area contributed by atoms with E-state index < -0.39 is 17.2 Å². The summed E-state index contributed by atoms with van der Waals surface area (Å²) in [5.74, 6) is -0.468. The molecule has 0 saturated carbocycles. The van der Waals surface area contributed by atoms with Crippen LogP contribution in [0, 0.1) is 11.6 Å². The van der Waals surface area contributed by atoms with Gasteiger partial charge in [0.25, 0.3) is 0 Å². The Balaban J connectivity index is 1.57. The van der Waals surface area contributed by atoms with Crippen molar-refractivity contribution >= 4 is 28.8 Å². The molecule has 2 aromatic carbocycles. The van der Waals surface area contributed by atoms with E-state index in [1.165, 1.54) is 23.9 Å². The molecule has 0 radical (unpaired) electrons. The molecule has 1 aliphatic rings. The fraction of sp³-hybridized carbons (Fsp3) is 0.318. The number of carbonyl (C=O) groups excluding carboxylic acids is 1. The van der Waals surface area contributed by atoms with E-state index in [1.54, 1.807) is 4.90 Å². The summed E-state index contributed by atoms with van der Waals surface area (Å²) in [6.45, 7) is 6.44. The standard InChI is InChI=1S/C22H21F2NO3S/c1-22(2,3)28-21(26)25-7-6-18-17-5-4-15(11-19(17)27-20(18)12-25)29-16-9-13(23)8-14(24)10-16/h4-5,8-11H,6-7,12H2,1-3H3. The van der Waals surface area contributed by atoms with Crippen LogP contribution in [-0.2, 0) is 17.7 Å². The lowest BCUT2D eigenvalue weighted by molar-refractivity contribution is 0.0210. The van der Waals surface area contributed by atoms with Crippen LogP contribution in [0.1, 0.15) is 32.1 Å². The first kappa shape index (κ1) is 19.8. The average molecular weight is 417 g/mol. The van der Waals surface area contributed by atoms with Crippen LogP contribution in [0.5, 0.6) is 0 Å². The van der Waals surface area contributed by atoms with E-state index in [0.29, 0.717) is 30.0 Å². The quantitative estimate of drug-likeness (QED) is 0.501. The molecule has 2 heterocycles. The average Bonchev–Trinajstić information content (AvgIpc) is 2.96. The van der Waals surface area contributed by atoms with Crippen LogP contribution in [0.2, 0.25) is 0 Å². The second-order valence-electron chi connectivity index (χ2n) is 8.02. The summed E-state index contributed by atoms with van der Waals surface area (Å²) in [7, 11) is 0. The molecule has 1 aromatic heterocycles. The number of hydrogen-bond donors (Lipinski definition) is 0. The van der Waals surface area contributed by atoms with Gasteiger partial charge < -0.3 is 14.1 Å². The molecule has 3 aromatic rings. The Labute approximate surface area is 171 Å². The van der Waals surface area contributed by atoms with Gasteiger partial charge in [-0.2, -0.15) is 0 Å². The summed E-state index contributed by atoms with van der Waals surface area (Å²) in [5, 5.41) is 0.999. The van der Waals surface area contributed by atoms with Gasteiger partial charge in [-0.25, -0.2) is 13.6 Å². The van der Waals surface area contributed by atoms with Gasteiger partial charge in [0.2, 0.25) is 0 Å². The van der Waals surface area contributed by atoms with Gasteiger partial charge in [-0.3, -0.25) is 0 Å². The number of ether oxygens (including phenoxy) is 1. The first-order valence-corrected chi connectivity index (χ1v) is 10.2. The first-order chi connectivity index (χ1) is 13.7. The van der Waals surface area contributed by atoms with Crippen LogP contribution in [-0.4, -0.2) is 23.1 Å². The van der Waals surface area contributed by atoms with Gasteiger partial charge in [0.1, 0.15) is 28.6 Å². The number of furan rings is 1. The lowest BCUT2D eigenvalue weighted by Crippen LogP contribution is -2.39. The molecule has 0 fully saturated rings. The topological polar surface area (TPSA) is 42.7 Å². The Morgan fingerprint density at radius 2 is 1.83 bits per heavy atom. The Kier molecular flexibility index (Phi) is 5.02. The summed E-state index contributed by atoms with van der Waals surface area (Å²) in [4.78, 5) is 15.3. The zero-order valence-corrected chi connectivity index (χ0v) is 17.2. The highest BCUT2D eigenvalue weighted by Gasteiger charge is 2.29. The van der Waals surface area contributed by atoms with E-state index in [9.17, 15) is 13.6 Å². The van der Waals surface area contributed by atoms with Crippen molar-refractivity contribution in [1.29, 1.82) is 0 Å². The summed E-state index contributed by atoms with van der Waals surface area (Å²) in [6, 6.07) is 9.17. The molecule has 0 atom stereocenters. The lowest BCUT2D eigenvalue weighted by atomic mass is 10.0.